The van der Waals surface area contributed by atoms with Crippen LogP contribution >= 0.6 is 0 Å². The topological polar surface area (TPSA) is 15.3 Å². The van der Waals surface area contributed by atoms with E-state index in [1.54, 1.807) is 0 Å². The zero-order valence-electron chi connectivity index (χ0n) is 10.6. The average Bonchev–Trinajstić information content (AvgIpc) is 2.21. The van der Waals surface area contributed by atoms with Crippen molar-refractivity contribution in [1.82, 2.24) is 10.2 Å². The third-order valence-corrected chi connectivity index (χ3v) is 3.18. The van der Waals surface area contributed by atoms with Crippen molar-refractivity contribution in [2.45, 2.75) is 46.1 Å². The molecular formula is C12H28N2. The molecule has 0 radical (unpaired) electrons. The van der Waals surface area contributed by atoms with Gasteiger partial charge in [-0.1, -0.05) is 27.2 Å². The first-order valence-corrected chi connectivity index (χ1v) is 6.00. The molecule has 0 amide bonds. The molecule has 0 aliphatic heterocycles. The average molecular weight is 200 g/mol. The van der Waals surface area contributed by atoms with Crippen molar-refractivity contribution in [3.05, 3.63) is 0 Å². The number of hydrogen-bond donors (Lipinski definition) is 1. The number of nitrogens with zero attached hydrogens (tertiary/aromatic N) is 1. The van der Waals surface area contributed by atoms with Crippen LogP contribution in [0.4, 0.5) is 0 Å². The van der Waals surface area contributed by atoms with Crippen molar-refractivity contribution in [3.8, 4) is 0 Å². The second-order valence-electron chi connectivity index (χ2n) is 4.40. The molecule has 1 N–H and O–H groups in total. The minimum absolute atomic E-state index is 0.762. The Labute approximate surface area is 90.1 Å². The highest BCUT2D eigenvalue weighted by atomic mass is 15.1. The summed E-state index contributed by atoms with van der Waals surface area (Å²) in [6.45, 7) is 9.18. The predicted octanol–water partition coefficient (Wildman–Crippen LogP) is 2.35. The summed E-state index contributed by atoms with van der Waals surface area (Å²) < 4.78 is 0. The smallest absolute Gasteiger partial charge is 0.0107 e. The van der Waals surface area contributed by atoms with E-state index in [0.29, 0.717) is 0 Å². The first-order valence-electron chi connectivity index (χ1n) is 6.00. The second kappa shape index (κ2) is 8.25. The lowest BCUT2D eigenvalue weighted by Crippen LogP contribution is -2.36. The van der Waals surface area contributed by atoms with Crippen molar-refractivity contribution in [2.24, 2.45) is 5.92 Å². The third kappa shape index (κ3) is 5.61. The van der Waals surface area contributed by atoms with Gasteiger partial charge in [-0.25, -0.2) is 0 Å². The van der Waals surface area contributed by atoms with Crippen molar-refractivity contribution >= 4 is 0 Å². The molecule has 14 heavy (non-hydrogen) atoms. The maximum atomic E-state index is 3.20. The molecule has 0 rings (SSSR count). The van der Waals surface area contributed by atoms with Crippen molar-refractivity contribution in [3.63, 3.8) is 0 Å². The molecule has 0 aliphatic rings. The molecule has 86 valence electrons. The lowest BCUT2D eigenvalue weighted by atomic mass is 9.97. The van der Waals surface area contributed by atoms with Crippen LogP contribution in [0, 0.1) is 5.92 Å². The standard InChI is InChI=1S/C12H28N2/c1-6-11(3)10-12(7-2)14(5)9-8-13-4/h11-13H,6-10H2,1-5H3. The highest BCUT2D eigenvalue weighted by molar-refractivity contribution is 4.70. The molecule has 0 aliphatic carbocycles. The van der Waals surface area contributed by atoms with E-state index >= 15 is 0 Å². The monoisotopic (exact) mass is 200 g/mol. The molecule has 2 atom stereocenters. The van der Waals surface area contributed by atoms with Gasteiger partial charge in [0.1, 0.15) is 0 Å². The summed E-state index contributed by atoms with van der Waals surface area (Å²) in [5, 5.41) is 3.20. The lowest BCUT2D eigenvalue weighted by molar-refractivity contribution is 0.203. The van der Waals surface area contributed by atoms with Crippen LogP contribution in [0.1, 0.15) is 40.0 Å². The predicted molar refractivity (Wildman–Crippen MR) is 64.7 cm³/mol. The summed E-state index contributed by atoms with van der Waals surface area (Å²) in [5.74, 6) is 0.858. The number of hydrogen-bond acceptors (Lipinski definition) is 2. The summed E-state index contributed by atoms with van der Waals surface area (Å²) >= 11 is 0. The molecule has 0 spiro atoms. The summed E-state index contributed by atoms with van der Waals surface area (Å²) in [7, 11) is 4.26. The Hall–Kier alpha value is -0.0800. The van der Waals surface area contributed by atoms with Gasteiger partial charge in [-0.3, -0.25) is 0 Å². The van der Waals surface area contributed by atoms with Crippen molar-refractivity contribution in [2.75, 3.05) is 27.2 Å². The van der Waals surface area contributed by atoms with Crippen molar-refractivity contribution in [1.29, 1.82) is 0 Å². The zero-order chi connectivity index (χ0) is 11.0. The minimum atomic E-state index is 0.762. The minimum Gasteiger partial charge on any atom is -0.318 e. The Morgan fingerprint density at radius 1 is 1.21 bits per heavy atom. The summed E-state index contributed by atoms with van der Waals surface area (Å²) in [6.07, 6.45) is 3.91. The van der Waals surface area contributed by atoms with Crippen LogP contribution in [0.15, 0.2) is 0 Å². The van der Waals surface area contributed by atoms with E-state index in [4.69, 9.17) is 0 Å². The molecule has 0 bridgehead atoms. The van der Waals surface area contributed by atoms with Gasteiger partial charge in [-0.15, -0.1) is 0 Å². The Morgan fingerprint density at radius 2 is 1.86 bits per heavy atom. The van der Waals surface area contributed by atoms with E-state index in [-0.39, 0.29) is 0 Å². The molecule has 2 heteroatoms. The maximum absolute atomic E-state index is 3.20. The van der Waals surface area contributed by atoms with E-state index in [2.05, 4.69) is 38.0 Å². The van der Waals surface area contributed by atoms with Crippen LogP contribution in [0.5, 0.6) is 0 Å². The highest BCUT2D eigenvalue weighted by Gasteiger charge is 2.14. The van der Waals surface area contributed by atoms with Gasteiger partial charge in [0, 0.05) is 19.1 Å². The molecule has 0 aromatic rings. The van der Waals surface area contributed by atoms with Crippen LogP contribution in [0.2, 0.25) is 0 Å². The van der Waals surface area contributed by atoms with E-state index in [0.717, 1.165) is 25.0 Å². The van der Waals surface area contributed by atoms with Crippen molar-refractivity contribution < 1.29 is 0 Å². The summed E-state index contributed by atoms with van der Waals surface area (Å²) in [4.78, 5) is 2.49. The lowest BCUT2D eigenvalue weighted by Gasteiger charge is -2.29. The third-order valence-electron chi connectivity index (χ3n) is 3.18. The molecule has 0 aromatic heterocycles. The first-order chi connectivity index (χ1) is 6.65. The van der Waals surface area contributed by atoms with Crippen LogP contribution in [0.3, 0.4) is 0 Å². The van der Waals surface area contributed by atoms with Crippen LogP contribution < -0.4 is 5.32 Å². The fourth-order valence-corrected chi connectivity index (χ4v) is 1.76. The fourth-order valence-electron chi connectivity index (χ4n) is 1.76. The molecule has 0 aromatic carbocycles. The van der Waals surface area contributed by atoms with Gasteiger partial charge in [0.05, 0.1) is 0 Å². The molecular weight excluding hydrogens is 172 g/mol. The quantitative estimate of drug-likeness (QED) is 0.647. The van der Waals surface area contributed by atoms with Crippen LogP contribution in [0.25, 0.3) is 0 Å². The van der Waals surface area contributed by atoms with Gasteiger partial charge < -0.3 is 10.2 Å². The highest BCUT2D eigenvalue weighted by Crippen LogP contribution is 2.15. The van der Waals surface area contributed by atoms with Gasteiger partial charge in [0.2, 0.25) is 0 Å². The Balaban J connectivity index is 3.85. The van der Waals surface area contributed by atoms with Gasteiger partial charge in [0.25, 0.3) is 0 Å². The SMILES string of the molecule is CCC(C)CC(CC)N(C)CCNC. The molecule has 2 unspecified atom stereocenters. The zero-order valence-corrected chi connectivity index (χ0v) is 10.6. The van der Waals surface area contributed by atoms with E-state index in [1.807, 2.05) is 7.05 Å². The molecule has 0 saturated carbocycles. The summed E-state index contributed by atoms with van der Waals surface area (Å²) in [5.41, 5.74) is 0. The van der Waals surface area contributed by atoms with Gasteiger partial charge in [0.15, 0.2) is 0 Å². The van der Waals surface area contributed by atoms with Gasteiger partial charge in [-0.2, -0.15) is 0 Å². The van der Waals surface area contributed by atoms with E-state index in [1.165, 1.54) is 19.3 Å². The normalized spacial score (nSPS) is 15.9. The summed E-state index contributed by atoms with van der Waals surface area (Å²) in [6, 6.07) is 0.762. The van der Waals surface area contributed by atoms with Gasteiger partial charge in [-0.05, 0) is 32.9 Å². The van der Waals surface area contributed by atoms with Crippen LogP contribution in [-0.2, 0) is 0 Å². The van der Waals surface area contributed by atoms with E-state index < -0.39 is 0 Å². The second-order valence-corrected chi connectivity index (χ2v) is 4.40. The molecule has 2 nitrogen and oxygen atoms in total. The Morgan fingerprint density at radius 3 is 2.29 bits per heavy atom. The first kappa shape index (κ1) is 13.9. The number of likely N-dealkylation sites (N-methyl/N-ethyl adjacent to an activating group) is 2. The van der Waals surface area contributed by atoms with Gasteiger partial charge >= 0.3 is 0 Å². The molecule has 0 saturated heterocycles. The van der Waals surface area contributed by atoms with Crippen LogP contribution in [-0.4, -0.2) is 38.1 Å². The Kier molecular flexibility index (Phi) is 8.20. The maximum Gasteiger partial charge on any atom is 0.0107 e. The molecule has 0 heterocycles. The Bertz CT molecular complexity index is 125. The number of rotatable bonds is 8. The van der Waals surface area contributed by atoms with E-state index in [9.17, 15) is 0 Å². The number of nitrogens with one attached hydrogen (secondary N) is 1. The molecule has 0 fully saturated rings. The fraction of sp³-hybridized carbons (Fsp3) is 1.00. The largest absolute Gasteiger partial charge is 0.318 e.